The Balaban J connectivity index is 2.92. The Morgan fingerprint density at radius 2 is 2.00 bits per heavy atom. The maximum atomic E-state index is 9.89. The maximum absolute atomic E-state index is 9.89. The van der Waals surface area contributed by atoms with Gasteiger partial charge in [-0.15, -0.1) is 0 Å². The minimum atomic E-state index is -0.419. The van der Waals surface area contributed by atoms with Crippen LogP contribution in [0.5, 0.6) is 0 Å². The summed E-state index contributed by atoms with van der Waals surface area (Å²) < 4.78 is 5.91. The molecule has 0 bridgehead atoms. The predicted molar refractivity (Wildman–Crippen MR) is 71.7 cm³/mol. The van der Waals surface area contributed by atoms with Crippen LogP contribution in [0.3, 0.4) is 0 Å². The molecule has 98 valence electrons. The van der Waals surface area contributed by atoms with Gasteiger partial charge in [-0.25, -0.2) is 0 Å². The number of rotatable bonds is 4. The van der Waals surface area contributed by atoms with E-state index in [1.54, 1.807) is 0 Å². The third-order valence-corrected chi connectivity index (χ3v) is 3.21. The minimum Gasteiger partial charge on any atom is -0.497 e. The molecule has 1 aliphatic rings. The lowest BCUT2D eigenvalue weighted by molar-refractivity contribution is 0.103. The molecule has 2 nitrogen and oxygen atoms in total. The van der Waals surface area contributed by atoms with Gasteiger partial charge < -0.3 is 9.84 Å². The zero-order chi connectivity index (χ0) is 13.1. The van der Waals surface area contributed by atoms with Gasteiger partial charge in [0.05, 0.1) is 12.7 Å². The second-order valence-electron chi connectivity index (χ2n) is 5.87. The Morgan fingerprint density at radius 3 is 2.53 bits per heavy atom. The van der Waals surface area contributed by atoms with E-state index in [1.807, 2.05) is 19.1 Å². The van der Waals surface area contributed by atoms with Crippen molar-refractivity contribution in [3.05, 3.63) is 23.5 Å². The Hall–Kier alpha value is -0.760. The zero-order valence-electron chi connectivity index (χ0n) is 11.8. The number of unbranched alkanes of at least 4 members (excludes halogenated alkanes) is 1. The van der Waals surface area contributed by atoms with Gasteiger partial charge in [0.25, 0.3) is 0 Å². The van der Waals surface area contributed by atoms with E-state index in [0.29, 0.717) is 0 Å². The lowest BCUT2D eigenvalue weighted by Gasteiger charge is -2.32. The number of allylic oxidation sites excluding steroid dienone is 2. The first-order valence-corrected chi connectivity index (χ1v) is 6.61. The average molecular weight is 238 g/mol. The summed E-state index contributed by atoms with van der Waals surface area (Å²) in [4.78, 5) is 0. The third kappa shape index (κ3) is 3.60. The summed E-state index contributed by atoms with van der Waals surface area (Å²) in [6.45, 7) is 11.5. The van der Waals surface area contributed by atoms with Gasteiger partial charge in [0.2, 0.25) is 0 Å². The van der Waals surface area contributed by atoms with Crippen LogP contribution in [0.15, 0.2) is 23.5 Å². The molecule has 0 amide bonds. The van der Waals surface area contributed by atoms with Crippen molar-refractivity contribution >= 4 is 0 Å². The summed E-state index contributed by atoms with van der Waals surface area (Å²) >= 11 is 0. The molecule has 2 heteroatoms. The molecule has 1 rings (SSSR count). The SMILES string of the molecule is CCCCOC1=C(C(C)(C)C)C=CC(O)[C@@H]1C. The van der Waals surface area contributed by atoms with Gasteiger partial charge in [-0.2, -0.15) is 0 Å². The van der Waals surface area contributed by atoms with Crippen molar-refractivity contribution in [2.24, 2.45) is 11.3 Å². The van der Waals surface area contributed by atoms with E-state index in [2.05, 4.69) is 27.7 Å². The van der Waals surface area contributed by atoms with Crippen LogP contribution >= 0.6 is 0 Å². The lowest BCUT2D eigenvalue weighted by atomic mass is 9.79. The first-order chi connectivity index (χ1) is 7.88. The topological polar surface area (TPSA) is 29.5 Å². The van der Waals surface area contributed by atoms with Crippen molar-refractivity contribution in [2.75, 3.05) is 6.61 Å². The van der Waals surface area contributed by atoms with Crippen molar-refractivity contribution in [1.82, 2.24) is 0 Å². The molecule has 0 aromatic rings. The summed E-state index contributed by atoms with van der Waals surface area (Å²) in [6, 6.07) is 0. The van der Waals surface area contributed by atoms with E-state index in [-0.39, 0.29) is 11.3 Å². The fraction of sp³-hybridized carbons (Fsp3) is 0.733. The van der Waals surface area contributed by atoms with Gasteiger partial charge in [0, 0.05) is 5.92 Å². The second-order valence-corrected chi connectivity index (χ2v) is 5.87. The molecule has 0 fully saturated rings. The van der Waals surface area contributed by atoms with Crippen LogP contribution in [0, 0.1) is 11.3 Å². The van der Waals surface area contributed by atoms with Crippen molar-refractivity contribution in [3.63, 3.8) is 0 Å². The molecule has 0 aliphatic heterocycles. The summed E-state index contributed by atoms with van der Waals surface area (Å²) in [6.07, 6.45) is 5.67. The van der Waals surface area contributed by atoms with Crippen LogP contribution < -0.4 is 0 Å². The van der Waals surface area contributed by atoms with Gasteiger partial charge in [-0.3, -0.25) is 0 Å². The molecule has 0 radical (unpaired) electrons. The number of hydrogen-bond acceptors (Lipinski definition) is 2. The normalized spacial score (nSPS) is 25.3. The molecule has 1 aliphatic carbocycles. The average Bonchev–Trinajstić information content (AvgIpc) is 2.23. The molecule has 0 heterocycles. The first-order valence-electron chi connectivity index (χ1n) is 6.61. The minimum absolute atomic E-state index is 0.0612. The molecule has 17 heavy (non-hydrogen) atoms. The van der Waals surface area contributed by atoms with Gasteiger partial charge >= 0.3 is 0 Å². The Bertz CT molecular complexity index is 307. The molecular formula is C15H26O2. The monoisotopic (exact) mass is 238 g/mol. The molecule has 0 aromatic heterocycles. The first kappa shape index (κ1) is 14.3. The summed E-state index contributed by atoms with van der Waals surface area (Å²) in [5, 5.41) is 9.89. The van der Waals surface area contributed by atoms with E-state index in [4.69, 9.17) is 4.74 Å². The summed E-state index contributed by atoms with van der Waals surface area (Å²) in [5.41, 5.74) is 1.28. The van der Waals surface area contributed by atoms with E-state index < -0.39 is 6.10 Å². The van der Waals surface area contributed by atoms with Crippen LogP contribution in [-0.4, -0.2) is 17.8 Å². The van der Waals surface area contributed by atoms with Crippen molar-refractivity contribution in [1.29, 1.82) is 0 Å². The Morgan fingerprint density at radius 1 is 1.35 bits per heavy atom. The van der Waals surface area contributed by atoms with E-state index in [9.17, 15) is 5.11 Å². The number of ether oxygens (including phenoxy) is 1. The van der Waals surface area contributed by atoms with Crippen LogP contribution in [0.25, 0.3) is 0 Å². The molecule has 2 atom stereocenters. The smallest absolute Gasteiger partial charge is 0.105 e. The number of hydrogen-bond donors (Lipinski definition) is 1. The Labute approximate surface area is 105 Å². The quantitative estimate of drug-likeness (QED) is 0.757. The summed E-state index contributed by atoms with van der Waals surface area (Å²) in [5.74, 6) is 1.03. The standard InChI is InChI=1S/C15H26O2/c1-6-7-10-17-14-11(2)13(16)9-8-12(14)15(3,4)5/h8-9,11,13,16H,6-7,10H2,1-5H3/t11-,13?/m0/s1. The number of aliphatic hydroxyl groups is 1. The highest BCUT2D eigenvalue weighted by molar-refractivity contribution is 5.34. The van der Waals surface area contributed by atoms with Gasteiger partial charge in [0.15, 0.2) is 0 Å². The molecule has 1 unspecified atom stereocenters. The van der Waals surface area contributed by atoms with Crippen LogP contribution in [0.4, 0.5) is 0 Å². The van der Waals surface area contributed by atoms with Gasteiger partial charge in [-0.1, -0.05) is 53.2 Å². The molecule has 0 aromatic carbocycles. The summed E-state index contributed by atoms with van der Waals surface area (Å²) in [7, 11) is 0. The second kappa shape index (κ2) is 5.72. The molecule has 1 N–H and O–H groups in total. The highest BCUT2D eigenvalue weighted by atomic mass is 16.5. The predicted octanol–water partition coefficient (Wildman–Crippen LogP) is 3.67. The van der Waals surface area contributed by atoms with Crippen molar-refractivity contribution in [2.45, 2.75) is 53.6 Å². The molecular weight excluding hydrogens is 212 g/mol. The molecule has 0 saturated carbocycles. The lowest BCUT2D eigenvalue weighted by Crippen LogP contribution is -2.27. The van der Waals surface area contributed by atoms with E-state index in [1.165, 1.54) is 5.57 Å². The zero-order valence-corrected chi connectivity index (χ0v) is 11.8. The highest BCUT2D eigenvalue weighted by Gasteiger charge is 2.30. The largest absolute Gasteiger partial charge is 0.497 e. The van der Waals surface area contributed by atoms with Gasteiger partial charge in [0.1, 0.15) is 5.76 Å². The number of aliphatic hydroxyl groups excluding tert-OH is 1. The molecule has 0 saturated heterocycles. The maximum Gasteiger partial charge on any atom is 0.105 e. The van der Waals surface area contributed by atoms with Crippen molar-refractivity contribution in [3.8, 4) is 0 Å². The van der Waals surface area contributed by atoms with Crippen LogP contribution in [-0.2, 0) is 4.74 Å². The third-order valence-electron chi connectivity index (χ3n) is 3.21. The van der Waals surface area contributed by atoms with Gasteiger partial charge in [-0.05, 0) is 17.4 Å². The van der Waals surface area contributed by atoms with E-state index in [0.717, 1.165) is 25.2 Å². The van der Waals surface area contributed by atoms with Crippen LogP contribution in [0.1, 0.15) is 47.5 Å². The fourth-order valence-electron chi connectivity index (χ4n) is 2.00. The Kier molecular flexibility index (Phi) is 4.81. The highest BCUT2D eigenvalue weighted by Crippen LogP contribution is 2.36. The van der Waals surface area contributed by atoms with Crippen molar-refractivity contribution < 1.29 is 9.84 Å². The van der Waals surface area contributed by atoms with E-state index >= 15 is 0 Å². The molecule has 0 spiro atoms. The van der Waals surface area contributed by atoms with Crippen LogP contribution in [0.2, 0.25) is 0 Å². The fourth-order valence-corrected chi connectivity index (χ4v) is 2.00.